The SMILES string of the molecule is CC(=O)c1cccc(C(=O)N[C@H]2CC[C@@H](Nc3cc(N(C)C)c4ccccc4n3)CC2)c1. The molecule has 2 N–H and O–H groups in total. The first kappa shape index (κ1) is 21.8. The maximum Gasteiger partial charge on any atom is 0.251 e. The van der Waals surface area contributed by atoms with Crippen molar-refractivity contribution in [2.75, 3.05) is 24.3 Å². The average Bonchev–Trinajstić information content (AvgIpc) is 2.79. The third-order valence-electron chi connectivity index (χ3n) is 6.12. The fourth-order valence-electron chi connectivity index (χ4n) is 4.34. The Labute approximate surface area is 189 Å². The maximum atomic E-state index is 12.6. The monoisotopic (exact) mass is 430 g/mol. The number of nitrogens with zero attached hydrogens (tertiary/aromatic N) is 2. The van der Waals surface area contributed by atoms with Crippen molar-refractivity contribution in [2.24, 2.45) is 0 Å². The van der Waals surface area contributed by atoms with Crippen LogP contribution in [0.2, 0.25) is 0 Å². The first-order chi connectivity index (χ1) is 15.4. The van der Waals surface area contributed by atoms with Crippen molar-refractivity contribution in [2.45, 2.75) is 44.7 Å². The number of anilines is 2. The quantitative estimate of drug-likeness (QED) is 0.557. The van der Waals surface area contributed by atoms with Crippen LogP contribution in [0.1, 0.15) is 53.3 Å². The lowest BCUT2D eigenvalue weighted by atomic mass is 9.91. The third kappa shape index (κ3) is 4.90. The number of carbonyl (C=O) groups is 2. The number of hydrogen-bond donors (Lipinski definition) is 2. The molecule has 0 radical (unpaired) electrons. The van der Waals surface area contributed by atoms with Crippen molar-refractivity contribution < 1.29 is 9.59 Å². The summed E-state index contributed by atoms with van der Waals surface area (Å²) in [5.74, 6) is 0.739. The molecule has 0 saturated heterocycles. The zero-order chi connectivity index (χ0) is 22.7. The Balaban J connectivity index is 1.37. The van der Waals surface area contributed by atoms with Gasteiger partial charge in [0.15, 0.2) is 5.78 Å². The van der Waals surface area contributed by atoms with Gasteiger partial charge in [-0.3, -0.25) is 9.59 Å². The number of benzene rings is 2. The number of fused-ring (bicyclic) bond motifs is 1. The van der Waals surface area contributed by atoms with Crippen molar-refractivity contribution in [3.63, 3.8) is 0 Å². The van der Waals surface area contributed by atoms with Gasteiger partial charge in [0, 0.05) is 54.4 Å². The fraction of sp³-hybridized carbons (Fsp3) is 0.346. The van der Waals surface area contributed by atoms with Crippen molar-refractivity contribution in [1.82, 2.24) is 10.3 Å². The summed E-state index contributed by atoms with van der Waals surface area (Å²) in [6.07, 6.45) is 3.74. The second-order valence-electron chi connectivity index (χ2n) is 8.74. The van der Waals surface area contributed by atoms with E-state index >= 15 is 0 Å². The van der Waals surface area contributed by atoms with Crippen LogP contribution in [0.15, 0.2) is 54.6 Å². The number of amides is 1. The van der Waals surface area contributed by atoms with E-state index in [1.807, 2.05) is 32.3 Å². The highest BCUT2D eigenvalue weighted by Crippen LogP contribution is 2.29. The summed E-state index contributed by atoms with van der Waals surface area (Å²) in [5.41, 5.74) is 3.22. The molecule has 32 heavy (non-hydrogen) atoms. The first-order valence-electron chi connectivity index (χ1n) is 11.2. The molecule has 0 atom stereocenters. The van der Waals surface area contributed by atoms with Crippen molar-refractivity contribution in [3.8, 4) is 0 Å². The minimum absolute atomic E-state index is 0.0362. The van der Waals surface area contributed by atoms with Crippen LogP contribution in [0.5, 0.6) is 0 Å². The lowest BCUT2D eigenvalue weighted by Gasteiger charge is -2.30. The van der Waals surface area contributed by atoms with Gasteiger partial charge in [-0.05, 0) is 50.8 Å². The Bertz CT molecular complexity index is 1130. The molecule has 0 spiro atoms. The predicted molar refractivity (Wildman–Crippen MR) is 130 cm³/mol. The molecule has 1 heterocycles. The Morgan fingerprint density at radius 2 is 1.59 bits per heavy atom. The summed E-state index contributed by atoms with van der Waals surface area (Å²) < 4.78 is 0. The van der Waals surface area contributed by atoms with Crippen LogP contribution in [0.3, 0.4) is 0 Å². The highest BCUT2D eigenvalue weighted by atomic mass is 16.1. The summed E-state index contributed by atoms with van der Waals surface area (Å²) >= 11 is 0. The number of nitrogens with one attached hydrogen (secondary N) is 2. The number of hydrogen-bond acceptors (Lipinski definition) is 5. The standard InChI is InChI=1S/C26H30N4O2/c1-17(31)18-7-6-8-19(15-18)26(32)28-21-13-11-20(12-14-21)27-25-16-24(30(2)3)22-9-4-5-10-23(22)29-25/h4-10,15-16,20-21H,11-14H2,1-3H3,(H,27,29)(H,28,32)/t20-,21+. The Hall–Kier alpha value is -3.41. The number of aromatic nitrogens is 1. The van der Waals surface area contributed by atoms with Gasteiger partial charge in [-0.15, -0.1) is 0 Å². The molecule has 1 fully saturated rings. The molecule has 1 saturated carbocycles. The van der Waals surface area contributed by atoms with Crippen LogP contribution in [-0.4, -0.2) is 42.9 Å². The van der Waals surface area contributed by atoms with Gasteiger partial charge in [0.25, 0.3) is 5.91 Å². The van der Waals surface area contributed by atoms with E-state index in [0.717, 1.165) is 48.1 Å². The lowest BCUT2D eigenvalue weighted by molar-refractivity contribution is 0.0926. The molecule has 0 bridgehead atoms. The highest BCUT2D eigenvalue weighted by molar-refractivity contribution is 5.99. The smallest absolute Gasteiger partial charge is 0.251 e. The molecule has 0 unspecified atom stereocenters. The Morgan fingerprint density at radius 3 is 2.31 bits per heavy atom. The molecular formula is C26H30N4O2. The number of Topliss-reactive ketones (excluding diaryl/α,β-unsaturated/α-hetero) is 1. The van der Waals surface area contributed by atoms with E-state index in [2.05, 4.69) is 27.7 Å². The molecule has 1 amide bonds. The first-order valence-corrected chi connectivity index (χ1v) is 11.2. The molecular weight excluding hydrogens is 400 g/mol. The van der Waals surface area contributed by atoms with Gasteiger partial charge < -0.3 is 15.5 Å². The summed E-state index contributed by atoms with van der Waals surface area (Å²) in [6, 6.07) is 17.7. The van der Waals surface area contributed by atoms with E-state index in [1.54, 1.807) is 24.3 Å². The van der Waals surface area contributed by atoms with E-state index in [-0.39, 0.29) is 17.7 Å². The molecule has 1 aliphatic rings. The van der Waals surface area contributed by atoms with Crippen LogP contribution in [-0.2, 0) is 0 Å². The zero-order valence-electron chi connectivity index (χ0n) is 18.9. The van der Waals surface area contributed by atoms with E-state index in [0.29, 0.717) is 17.2 Å². The maximum absolute atomic E-state index is 12.6. The highest BCUT2D eigenvalue weighted by Gasteiger charge is 2.23. The largest absolute Gasteiger partial charge is 0.377 e. The minimum atomic E-state index is -0.115. The topological polar surface area (TPSA) is 74.3 Å². The van der Waals surface area contributed by atoms with Gasteiger partial charge >= 0.3 is 0 Å². The number of rotatable bonds is 6. The van der Waals surface area contributed by atoms with E-state index in [1.165, 1.54) is 6.92 Å². The van der Waals surface area contributed by atoms with Gasteiger partial charge in [-0.25, -0.2) is 4.98 Å². The number of ketones is 1. The third-order valence-corrected chi connectivity index (χ3v) is 6.12. The molecule has 166 valence electrons. The number of pyridine rings is 1. The van der Waals surface area contributed by atoms with Crippen molar-refractivity contribution in [3.05, 3.63) is 65.7 Å². The summed E-state index contributed by atoms with van der Waals surface area (Å²) in [5, 5.41) is 7.88. The second kappa shape index (κ2) is 9.39. The zero-order valence-corrected chi connectivity index (χ0v) is 18.9. The van der Waals surface area contributed by atoms with Gasteiger partial charge in [0.05, 0.1) is 5.52 Å². The van der Waals surface area contributed by atoms with Gasteiger partial charge in [0.2, 0.25) is 0 Å². The van der Waals surface area contributed by atoms with Gasteiger partial charge in [-0.1, -0.05) is 30.3 Å². The molecule has 2 aromatic carbocycles. The van der Waals surface area contributed by atoms with Crippen LogP contribution >= 0.6 is 0 Å². The molecule has 6 heteroatoms. The van der Waals surface area contributed by atoms with Crippen LogP contribution in [0.25, 0.3) is 10.9 Å². The predicted octanol–water partition coefficient (Wildman–Crippen LogP) is 4.66. The lowest BCUT2D eigenvalue weighted by Crippen LogP contribution is -2.40. The Morgan fingerprint density at radius 1 is 0.906 bits per heavy atom. The minimum Gasteiger partial charge on any atom is -0.377 e. The van der Waals surface area contributed by atoms with E-state index in [9.17, 15) is 9.59 Å². The summed E-state index contributed by atoms with van der Waals surface area (Å²) in [6.45, 7) is 1.51. The van der Waals surface area contributed by atoms with Gasteiger partial charge in [-0.2, -0.15) is 0 Å². The summed E-state index contributed by atoms with van der Waals surface area (Å²) in [4.78, 5) is 31.1. The molecule has 1 aromatic heterocycles. The van der Waals surface area contributed by atoms with E-state index in [4.69, 9.17) is 4.98 Å². The van der Waals surface area contributed by atoms with Gasteiger partial charge in [0.1, 0.15) is 5.82 Å². The molecule has 6 nitrogen and oxygen atoms in total. The van der Waals surface area contributed by atoms with Crippen LogP contribution < -0.4 is 15.5 Å². The summed E-state index contributed by atoms with van der Waals surface area (Å²) in [7, 11) is 4.09. The number of carbonyl (C=O) groups excluding carboxylic acids is 2. The van der Waals surface area contributed by atoms with Crippen LogP contribution in [0, 0.1) is 0 Å². The van der Waals surface area contributed by atoms with Crippen molar-refractivity contribution >= 4 is 34.1 Å². The Kier molecular flexibility index (Phi) is 6.40. The molecule has 4 rings (SSSR count). The molecule has 1 aliphatic carbocycles. The van der Waals surface area contributed by atoms with Crippen molar-refractivity contribution in [1.29, 1.82) is 0 Å². The van der Waals surface area contributed by atoms with Crippen LogP contribution in [0.4, 0.5) is 11.5 Å². The number of para-hydroxylation sites is 1. The molecule has 3 aromatic rings. The fourth-order valence-corrected chi connectivity index (χ4v) is 4.34. The average molecular weight is 431 g/mol. The normalized spacial score (nSPS) is 18.2. The van der Waals surface area contributed by atoms with E-state index < -0.39 is 0 Å². The second-order valence-corrected chi connectivity index (χ2v) is 8.74. The molecule has 0 aliphatic heterocycles.